The van der Waals surface area contributed by atoms with E-state index in [0.29, 0.717) is 0 Å². The first kappa shape index (κ1) is 28.9. The molecular weight excluding hydrogens is 641 g/mol. The summed E-state index contributed by atoms with van der Waals surface area (Å²) >= 11 is 0. The first-order valence-electron chi connectivity index (χ1n) is 19.8. The Bertz CT molecular complexity index is 2940. The van der Waals surface area contributed by atoms with E-state index in [9.17, 15) is 0 Å². The SMILES string of the molecule is c1cc(-c2c3ccccc3c(-c3ccc4c(c3)oc3ccccc34)c3ccccc23)c2c(c1)C1(c3cc4ccccc4cc3-2)C2CC3CC(C2)CC1C3. The summed E-state index contributed by atoms with van der Waals surface area (Å²) in [6.45, 7) is 0. The van der Waals surface area contributed by atoms with E-state index >= 15 is 0 Å². The van der Waals surface area contributed by atoms with Crippen molar-refractivity contribution in [3.05, 3.63) is 157 Å². The van der Waals surface area contributed by atoms with Crippen LogP contribution in [0.3, 0.4) is 0 Å². The molecule has 0 amide bonds. The zero-order chi connectivity index (χ0) is 34.4. The zero-order valence-corrected chi connectivity index (χ0v) is 29.6. The van der Waals surface area contributed by atoms with Crippen molar-refractivity contribution in [2.45, 2.75) is 37.5 Å². The average Bonchev–Trinajstić information content (AvgIpc) is 3.71. The Morgan fingerprint density at radius 3 is 1.68 bits per heavy atom. The maximum absolute atomic E-state index is 6.44. The molecule has 1 nitrogen and oxygen atoms in total. The Kier molecular flexibility index (Phi) is 5.59. The largest absolute Gasteiger partial charge is 0.456 e. The number of hydrogen-bond acceptors (Lipinski definition) is 1. The smallest absolute Gasteiger partial charge is 0.136 e. The van der Waals surface area contributed by atoms with Gasteiger partial charge in [-0.2, -0.15) is 0 Å². The first-order valence-corrected chi connectivity index (χ1v) is 19.8. The molecule has 0 saturated heterocycles. The normalized spacial score (nSPS) is 23.9. The van der Waals surface area contributed by atoms with Crippen LogP contribution in [0.5, 0.6) is 0 Å². The molecule has 0 radical (unpaired) electrons. The van der Waals surface area contributed by atoms with E-state index in [4.69, 9.17) is 4.42 Å². The molecule has 252 valence electrons. The number of para-hydroxylation sites is 1. The number of hydrogen-bond donors (Lipinski definition) is 0. The maximum Gasteiger partial charge on any atom is 0.136 e. The third-order valence-electron chi connectivity index (χ3n) is 14.4. The Balaban J connectivity index is 1.12. The molecule has 53 heavy (non-hydrogen) atoms. The summed E-state index contributed by atoms with van der Waals surface area (Å²) in [5.74, 6) is 3.27. The van der Waals surface area contributed by atoms with Crippen molar-refractivity contribution in [1.29, 1.82) is 0 Å². The molecule has 8 aromatic carbocycles. The van der Waals surface area contributed by atoms with Gasteiger partial charge in [0.15, 0.2) is 0 Å². The van der Waals surface area contributed by atoms with E-state index in [0.717, 1.165) is 34.8 Å². The summed E-state index contributed by atoms with van der Waals surface area (Å²) in [6, 6.07) is 55.2. The minimum Gasteiger partial charge on any atom is -0.456 e. The molecule has 9 aromatic rings. The number of rotatable bonds is 2. The topological polar surface area (TPSA) is 13.1 Å². The zero-order valence-electron chi connectivity index (χ0n) is 29.6. The summed E-state index contributed by atoms with van der Waals surface area (Å²) < 4.78 is 6.44. The lowest BCUT2D eigenvalue weighted by molar-refractivity contribution is -0.0398. The van der Waals surface area contributed by atoms with Crippen molar-refractivity contribution >= 4 is 54.3 Å². The Labute approximate surface area is 308 Å². The van der Waals surface area contributed by atoms with Gasteiger partial charge in [-0.25, -0.2) is 0 Å². The molecule has 4 fully saturated rings. The molecule has 0 aliphatic heterocycles. The number of benzene rings is 8. The van der Waals surface area contributed by atoms with Gasteiger partial charge < -0.3 is 4.42 Å². The van der Waals surface area contributed by atoms with Crippen molar-refractivity contribution in [2.75, 3.05) is 0 Å². The highest BCUT2D eigenvalue weighted by Gasteiger charge is 2.61. The van der Waals surface area contributed by atoms with Gasteiger partial charge in [0.25, 0.3) is 0 Å². The first-order chi connectivity index (χ1) is 26.2. The Hall–Kier alpha value is -5.66. The van der Waals surface area contributed by atoms with Crippen molar-refractivity contribution in [3.63, 3.8) is 0 Å². The number of furan rings is 1. The minimum atomic E-state index is 0.103. The third-order valence-corrected chi connectivity index (χ3v) is 14.4. The van der Waals surface area contributed by atoms with E-state index in [1.54, 1.807) is 11.1 Å². The van der Waals surface area contributed by atoms with Gasteiger partial charge in [-0.3, -0.25) is 0 Å². The van der Waals surface area contributed by atoms with Crippen LogP contribution >= 0.6 is 0 Å². The maximum atomic E-state index is 6.44. The quantitative estimate of drug-likeness (QED) is 0.166. The molecule has 1 aromatic heterocycles. The van der Waals surface area contributed by atoms with Crippen molar-refractivity contribution in [2.24, 2.45) is 23.7 Å². The molecule has 4 saturated carbocycles. The summed E-state index contributed by atoms with van der Waals surface area (Å²) in [5, 5.41) is 10.3. The van der Waals surface area contributed by atoms with Crippen LogP contribution in [-0.2, 0) is 5.41 Å². The van der Waals surface area contributed by atoms with Gasteiger partial charge in [0.2, 0.25) is 0 Å². The van der Waals surface area contributed by atoms with Gasteiger partial charge in [-0.15, -0.1) is 0 Å². The fourth-order valence-electron chi connectivity index (χ4n) is 12.7. The third kappa shape index (κ3) is 3.68. The van der Waals surface area contributed by atoms with Gasteiger partial charge >= 0.3 is 0 Å². The van der Waals surface area contributed by atoms with Gasteiger partial charge in [0, 0.05) is 16.2 Å². The molecule has 1 spiro atoms. The van der Waals surface area contributed by atoms with E-state index in [1.807, 2.05) is 0 Å². The average molecular weight is 679 g/mol. The second-order valence-electron chi connectivity index (χ2n) is 16.8. The summed E-state index contributed by atoms with van der Waals surface area (Å²) in [6.07, 6.45) is 7.02. The predicted molar refractivity (Wildman–Crippen MR) is 220 cm³/mol. The minimum absolute atomic E-state index is 0.103. The van der Waals surface area contributed by atoms with Crippen LogP contribution in [0.1, 0.15) is 43.2 Å². The van der Waals surface area contributed by atoms with E-state index in [2.05, 4.69) is 146 Å². The lowest BCUT2D eigenvalue weighted by Crippen LogP contribution is -2.55. The molecule has 1 heteroatoms. The lowest BCUT2D eigenvalue weighted by Gasteiger charge is -2.61. The molecule has 5 aliphatic rings. The fourth-order valence-corrected chi connectivity index (χ4v) is 12.7. The van der Waals surface area contributed by atoms with Crippen molar-refractivity contribution in [1.82, 2.24) is 0 Å². The van der Waals surface area contributed by atoms with Gasteiger partial charge in [0.05, 0.1) is 0 Å². The van der Waals surface area contributed by atoms with Crippen molar-refractivity contribution in [3.8, 4) is 33.4 Å². The Morgan fingerprint density at radius 1 is 0.396 bits per heavy atom. The highest BCUT2D eigenvalue weighted by molar-refractivity contribution is 6.23. The number of fused-ring (bicyclic) bond motifs is 9. The summed E-state index contributed by atoms with van der Waals surface area (Å²) in [5.41, 5.74) is 13.4. The van der Waals surface area contributed by atoms with Crippen LogP contribution in [0, 0.1) is 23.7 Å². The lowest BCUT2D eigenvalue weighted by atomic mass is 9.43. The van der Waals surface area contributed by atoms with Crippen LogP contribution in [0.25, 0.3) is 87.6 Å². The standard InChI is InChI=1S/C52H38O/c1-2-11-33-28-46-44(27-32(33)10-1)51-43(17-9-18-45(51)52(46)35-23-30-22-31(25-35)26-36(52)24-30)50-41-15-5-3-13-39(41)49(40-14-4-6-16-42(40)50)34-20-21-38-37-12-7-8-19-47(37)53-48(38)29-34/h1-21,27-31,35-36H,22-26H2. The summed E-state index contributed by atoms with van der Waals surface area (Å²) in [4.78, 5) is 0. The molecular formula is C52H38O. The second kappa shape index (κ2) is 10.3. The second-order valence-corrected chi connectivity index (χ2v) is 16.8. The molecule has 14 rings (SSSR count). The molecule has 4 bridgehead atoms. The molecule has 0 N–H and O–H groups in total. The van der Waals surface area contributed by atoms with Crippen LogP contribution in [0.4, 0.5) is 0 Å². The molecule has 0 atom stereocenters. The predicted octanol–water partition coefficient (Wildman–Crippen LogP) is 14.1. The van der Waals surface area contributed by atoms with Crippen LogP contribution in [0.15, 0.2) is 150 Å². The van der Waals surface area contributed by atoms with Gasteiger partial charge in [-0.1, -0.05) is 115 Å². The van der Waals surface area contributed by atoms with Crippen LogP contribution < -0.4 is 0 Å². The molecule has 5 aliphatic carbocycles. The van der Waals surface area contributed by atoms with Gasteiger partial charge in [0.1, 0.15) is 11.2 Å². The van der Waals surface area contributed by atoms with E-state index < -0.39 is 0 Å². The summed E-state index contributed by atoms with van der Waals surface area (Å²) in [7, 11) is 0. The van der Waals surface area contributed by atoms with E-state index in [1.165, 1.54) is 109 Å². The highest BCUT2D eigenvalue weighted by atomic mass is 16.3. The molecule has 1 heterocycles. The van der Waals surface area contributed by atoms with E-state index in [-0.39, 0.29) is 5.41 Å². The molecule has 0 unspecified atom stereocenters. The van der Waals surface area contributed by atoms with Crippen LogP contribution in [-0.4, -0.2) is 0 Å². The van der Waals surface area contributed by atoms with Crippen LogP contribution in [0.2, 0.25) is 0 Å². The fraction of sp³-hybridized carbons (Fsp3) is 0.192. The Morgan fingerprint density at radius 2 is 0.981 bits per heavy atom. The monoisotopic (exact) mass is 678 g/mol. The van der Waals surface area contributed by atoms with Crippen molar-refractivity contribution < 1.29 is 4.42 Å². The highest BCUT2D eigenvalue weighted by Crippen LogP contribution is 2.70. The van der Waals surface area contributed by atoms with Gasteiger partial charge in [-0.05, 0) is 163 Å².